The number of amides is 4. The van der Waals surface area contributed by atoms with Crippen molar-refractivity contribution >= 4 is 55.7 Å². The smallest absolute Gasteiger partial charge is 0.407 e. The first-order valence-electron chi connectivity index (χ1n) is 11.0. The van der Waals surface area contributed by atoms with Crippen molar-refractivity contribution in [3.63, 3.8) is 0 Å². The van der Waals surface area contributed by atoms with Crippen LogP contribution in [0, 0.1) is 0 Å². The lowest BCUT2D eigenvalue weighted by molar-refractivity contribution is -0.149. The van der Waals surface area contributed by atoms with Crippen molar-refractivity contribution in [1.29, 1.82) is 0 Å². The number of carbonyl (C=O) groups is 4. The van der Waals surface area contributed by atoms with E-state index >= 15 is 0 Å². The van der Waals surface area contributed by atoms with E-state index in [0.29, 0.717) is 25.7 Å². The molecular formula is C22H28Br2N4O6. The van der Waals surface area contributed by atoms with Gasteiger partial charge in [-0.1, -0.05) is 31.9 Å². The lowest BCUT2D eigenvalue weighted by atomic mass is 9.86. The molecule has 0 saturated carbocycles. The van der Waals surface area contributed by atoms with Crippen LogP contribution >= 0.6 is 31.9 Å². The van der Waals surface area contributed by atoms with Crippen molar-refractivity contribution < 1.29 is 29.4 Å². The van der Waals surface area contributed by atoms with Crippen LogP contribution in [-0.4, -0.2) is 80.6 Å². The monoisotopic (exact) mass is 602 g/mol. The molecule has 0 radical (unpaired) electrons. The van der Waals surface area contributed by atoms with E-state index in [2.05, 4.69) is 37.2 Å². The summed E-state index contributed by atoms with van der Waals surface area (Å²) in [4.78, 5) is 53.5. The van der Waals surface area contributed by atoms with E-state index in [4.69, 9.17) is 5.73 Å². The van der Waals surface area contributed by atoms with Crippen LogP contribution in [0.3, 0.4) is 0 Å². The fourth-order valence-corrected chi connectivity index (χ4v) is 6.28. The molecule has 2 aliphatic rings. The van der Waals surface area contributed by atoms with Crippen molar-refractivity contribution in [2.45, 2.75) is 62.8 Å². The van der Waals surface area contributed by atoms with Crippen LogP contribution in [0.5, 0.6) is 0 Å². The van der Waals surface area contributed by atoms with Crippen molar-refractivity contribution in [3.8, 4) is 0 Å². The Hall–Kier alpha value is -2.18. The molecule has 2 fully saturated rings. The summed E-state index contributed by atoms with van der Waals surface area (Å²) < 4.78 is 1.55. The molecule has 2 aliphatic heterocycles. The van der Waals surface area contributed by atoms with Crippen LogP contribution < -0.4 is 11.1 Å². The van der Waals surface area contributed by atoms with Gasteiger partial charge in [0.15, 0.2) is 0 Å². The van der Waals surface area contributed by atoms with Gasteiger partial charge in [-0.2, -0.15) is 0 Å². The molecule has 10 nitrogen and oxygen atoms in total. The van der Waals surface area contributed by atoms with E-state index in [9.17, 15) is 29.4 Å². The lowest BCUT2D eigenvalue weighted by Crippen LogP contribution is -2.64. The van der Waals surface area contributed by atoms with Crippen LogP contribution in [0.4, 0.5) is 4.79 Å². The molecule has 0 spiro atoms. The zero-order valence-electron chi connectivity index (χ0n) is 18.7. The number of likely N-dealkylation sites (tertiary alicyclic amines) is 2. The number of halogens is 2. The zero-order valence-corrected chi connectivity index (χ0v) is 21.8. The van der Waals surface area contributed by atoms with Gasteiger partial charge in [0.1, 0.15) is 17.6 Å². The summed E-state index contributed by atoms with van der Waals surface area (Å²) in [7, 11) is 0. The number of carbonyl (C=O) groups excluding carboxylic acids is 3. The number of nitrogens with zero attached hydrogens (tertiary/aromatic N) is 2. The number of aliphatic hydroxyl groups is 1. The molecule has 1 aromatic rings. The fourth-order valence-electron chi connectivity index (χ4n) is 4.89. The largest absolute Gasteiger partial charge is 0.465 e. The SMILES string of the molecule is C[C@@H](O)[C@H](NC(=O)[C@]1(Cc2cc(Br)cc(Br)c2)CCCN1C(=O)C1CCCN1C(=O)O)C(N)=O. The standard InChI is InChI=1S/C22H28Br2N4O6/c1-12(29)17(18(25)30)26-20(32)22(11-13-8-14(23)10-15(24)9-13)5-3-7-28(22)19(31)16-4-2-6-27(16)21(33)34/h8-10,12,16-17,29H,2-7,11H2,1H3,(H2,25,30)(H,26,32)(H,33,34)/t12-,16?,17+,22-/m1/s1. The molecule has 1 aromatic carbocycles. The Morgan fingerprint density at radius 3 is 2.38 bits per heavy atom. The summed E-state index contributed by atoms with van der Waals surface area (Å²) in [6.07, 6.45) is -0.526. The number of carboxylic acid groups (broad SMARTS) is 1. The van der Waals surface area contributed by atoms with E-state index in [0.717, 1.165) is 19.4 Å². The lowest BCUT2D eigenvalue weighted by Gasteiger charge is -2.40. The zero-order chi connectivity index (χ0) is 25.2. The molecule has 0 aromatic heterocycles. The third-order valence-corrected chi connectivity index (χ3v) is 7.37. The third kappa shape index (κ3) is 5.38. The number of nitrogens with one attached hydrogen (secondary N) is 1. The Morgan fingerprint density at radius 2 is 1.82 bits per heavy atom. The molecule has 34 heavy (non-hydrogen) atoms. The summed E-state index contributed by atoms with van der Waals surface area (Å²) in [6.45, 7) is 1.86. The Balaban J connectivity index is 2.02. The van der Waals surface area contributed by atoms with Gasteiger partial charge in [0, 0.05) is 28.5 Å². The van der Waals surface area contributed by atoms with E-state index in [-0.39, 0.29) is 19.5 Å². The van der Waals surface area contributed by atoms with Gasteiger partial charge in [-0.25, -0.2) is 4.79 Å². The second kappa shape index (κ2) is 10.6. The van der Waals surface area contributed by atoms with Crippen LogP contribution in [-0.2, 0) is 20.8 Å². The Kier molecular flexibility index (Phi) is 8.25. The molecule has 0 bridgehead atoms. The minimum Gasteiger partial charge on any atom is -0.465 e. The number of primary amides is 1. The van der Waals surface area contributed by atoms with Gasteiger partial charge in [0.25, 0.3) is 0 Å². The highest BCUT2D eigenvalue weighted by molar-refractivity contribution is 9.11. The van der Waals surface area contributed by atoms with E-state index in [1.807, 2.05) is 18.2 Å². The summed E-state index contributed by atoms with van der Waals surface area (Å²) >= 11 is 6.88. The predicted molar refractivity (Wildman–Crippen MR) is 130 cm³/mol. The predicted octanol–water partition coefficient (Wildman–Crippen LogP) is 1.61. The van der Waals surface area contributed by atoms with E-state index < -0.39 is 47.5 Å². The number of hydrogen-bond donors (Lipinski definition) is 4. The summed E-state index contributed by atoms with van der Waals surface area (Å²) in [5.74, 6) is -1.94. The first-order chi connectivity index (χ1) is 16.0. The van der Waals surface area contributed by atoms with Crippen molar-refractivity contribution in [1.82, 2.24) is 15.1 Å². The average Bonchev–Trinajstić information content (AvgIpc) is 3.38. The third-order valence-electron chi connectivity index (χ3n) is 6.46. The Bertz CT molecular complexity index is 970. The molecule has 0 aliphatic carbocycles. The van der Waals surface area contributed by atoms with Crippen molar-refractivity contribution in [2.75, 3.05) is 13.1 Å². The average molecular weight is 604 g/mol. The number of hydrogen-bond acceptors (Lipinski definition) is 5. The molecule has 2 heterocycles. The van der Waals surface area contributed by atoms with Gasteiger partial charge in [-0.3, -0.25) is 19.3 Å². The van der Waals surface area contributed by atoms with Crippen LogP contribution in [0.25, 0.3) is 0 Å². The highest BCUT2D eigenvalue weighted by atomic mass is 79.9. The fraction of sp³-hybridized carbons (Fsp3) is 0.545. The first kappa shape index (κ1) is 26.4. The number of nitrogens with two attached hydrogens (primary N) is 1. The van der Waals surface area contributed by atoms with Crippen LogP contribution in [0.15, 0.2) is 27.1 Å². The Morgan fingerprint density at radius 1 is 1.18 bits per heavy atom. The highest BCUT2D eigenvalue weighted by Crippen LogP contribution is 2.37. The summed E-state index contributed by atoms with van der Waals surface area (Å²) in [5.41, 5.74) is 4.76. The molecule has 5 N–H and O–H groups in total. The minimum absolute atomic E-state index is 0.133. The van der Waals surface area contributed by atoms with Gasteiger partial charge >= 0.3 is 6.09 Å². The summed E-state index contributed by atoms with van der Waals surface area (Å²) in [5, 5.41) is 22.1. The van der Waals surface area contributed by atoms with Gasteiger partial charge in [-0.15, -0.1) is 0 Å². The number of rotatable bonds is 7. The normalized spacial score (nSPS) is 24.1. The molecule has 3 rings (SSSR count). The van der Waals surface area contributed by atoms with Gasteiger partial charge in [0.2, 0.25) is 17.7 Å². The highest BCUT2D eigenvalue weighted by Gasteiger charge is 2.53. The van der Waals surface area contributed by atoms with Gasteiger partial charge in [-0.05, 0) is 56.4 Å². The number of aliphatic hydroxyl groups excluding tert-OH is 1. The Labute approximate surface area is 214 Å². The first-order valence-corrected chi connectivity index (χ1v) is 12.6. The maximum atomic E-state index is 13.7. The number of benzene rings is 1. The van der Waals surface area contributed by atoms with Crippen molar-refractivity contribution in [2.24, 2.45) is 5.73 Å². The molecule has 2 saturated heterocycles. The second-order valence-electron chi connectivity index (χ2n) is 8.81. The van der Waals surface area contributed by atoms with Gasteiger partial charge < -0.3 is 26.2 Å². The molecular weight excluding hydrogens is 576 g/mol. The minimum atomic E-state index is -1.38. The second-order valence-corrected chi connectivity index (χ2v) is 10.6. The van der Waals surface area contributed by atoms with E-state index in [1.165, 1.54) is 11.8 Å². The molecule has 4 amide bonds. The van der Waals surface area contributed by atoms with Crippen molar-refractivity contribution in [3.05, 3.63) is 32.7 Å². The van der Waals surface area contributed by atoms with Crippen LogP contribution in [0.2, 0.25) is 0 Å². The summed E-state index contributed by atoms with van der Waals surface area (Å²) in [6, 6.07) is 3.30. The molecule has 186 valence electrons. The quantitative estimate of drug-likeness (QED) is 0.371. The molecule has 12 heteroatoms. The maximum Gasteiger partial charge on any atom is 0.407 e. The van der Waals surface area contributed by atoms with E-state index in [1.54, 1.807) is 0 Å². The van der Waals surface area contributed by atoms with Crippen LogP contribution in [0.1, 0.15) is 38.2 Å². The molecule has 1 unspecified atom stereocenters. The maximum absolute atomic E-state index is 13.7. The van der Waals surface area contributed by atoms with Gasteiger partial charge in [0.05, 0.1) is 6.10 Å². The molecule has 4 atom stereocenters. The topological polar surface area (TPSA) is 153 Å².